The smallest absolute Gasteiger partial charge is 0.156 e. The number of aldehydes is 1. The predicted octanol–water partition coefficient (Wildman–Crippen LogP) is 3.86. The summed E-state index contributed by atoms with van der Waals surface area (Å²) in [6, 6.07) is 13.8. The average Bonchev–Trinajstić information content (AvgIpc) is 2.56. The molecule has 0 saturated heterocycles. The molecular weight excluding hydrogens is 283 g/mol. The van der Waals surface area contributed by atoms with Crippen molar-refractivity contribution < 1.29 is 18.7 Å². The Kier molecular flexibility index (Phi) is 5.28. The van der Waals surface area contributed by atoms with Gasteiger partial charge >= 0.3 is 0 Å². The van der Waals surface area contributed by atoms with Gasteiger partial charge in [0.25, 0.3) is 0 Å². The molecule has 0 spiro atoms. The second-order valence-electron chi connectivity index (χ2n) is 5.01. The van der Waals surface area contributed by atoms with E-state index in [0.29, 0.717) is 30.6 Å². The molecule has 0 heterocycles. The third-order valence-electron chi connectivity index (χ3n) is 3.69. The summed E-state index contributed by atoms with van der Waals surface area (Å²) in [4.78, 5) is 11.4. The van der Waals surface area contributed by atoms with Crippen LogP contribution in [0.25, 0.3) is 0 Å². The van der Waals surface area contributed by atoms with E-state index in [1.165, 1.54) is 19.2 Å². The summed E-state index contributed by atoms with van der Waals surface area (Å²) in [5, 5.41) is 0. The maximum absolute atomic E-state index is 13.8. The van der Waals surface area contributed by atoms with E-state index in [-0.39, 0.29) is 0 Å². The minimum absolute atomic E-state index is 0.330. The lowest BCUT2D eigenvalue weighted by molar-refractivity contribution is -0.129. The molecule has 1 atom stereocenters. The highest BCUT2D eigenvalue weighted by atomic mass is 19.1. The number of hydrogen-bond acceptors (Lipinski definition) is 3. The monoisotopic (exact) mass is 302 g/mol. The van der Waals surface area contributed by atoms with Gasteiger partial charge in [-0.25, -0.2) is 4.39 Å². The lowest BCUT2D eigenvalue weighted by Gasteiger charge is -2.26. The minimum Gasteiger partial charge on any atom is -0.489 e. The zero-order valence-corrected chi connectivity index (χ0v) is 12.7. The highest BCUT2D eigenvalue weighted by molar-refractivity contribution is 5.66. The zero-order chi connectivity index (χ0) is 16.0. The summed E-state index contributed by atoms with van der Waals surface area (Å²) in [6.07, 6.45) is 1.11. The van der Waals surface area contributed by atoms with E-state index >= 15 is 0 Å². The van der Waals surface area contributed by atoms with Crippen LogP contribution in [0.5, 0.6) is 5.75 Å². The molecule has 2 aromatic rings. The van der Waals surface area contributed by atoms with Crippen LogP contribution in [-0.4, -0.2) is 13.4 Å². The first-order chi connectivity index (χ1) is 10.6. The number of carbonyl (C=O) groups excluding carboxylic acids is 1. The van der Waals surface area contributed by atoms with E-state index in [2.05, 4.69) is 0 Å². The van der Waals surface area contributed by atoms with Gasteiger partial charge in [-0.1, -0.05) is 37.3 Å². The van der Waals surface area contributed by atoms with Crippen LogP contribution in [0.15, 0.2) is 48.5 Å². The van der Waals surface area contributed by atoms with Crippen molar-refractivity contribution in [1.82, 2.24) is 0 Å². The summed E-state index contributed by atoms with van der Waals surface area (Å²) in [7, 11) is 1.44. The molecule has 4 heteroatoms. The molecule has 0 unspecified atom stereocenters. The Balaban J connectivity index is 2.25. The quantitative estimate of drug-likeness (QED) is 0.729. The molecular formula is C18H19FO3. The standard InChI is InChI=1S/C18H19FO3/c1-3-18(13-20,21-2)15-9-16(19)11-17(10-15)22-12-14-7-5-4-6-8-14/h4-11,13H,3,12H2,1-2H3/t18-/m0/s1. The van der Waals surface area contributed by atoms with Gasteiger partial charge in [-0.2, -0.15) is 0 Å². The molecule has 2 rings (SSSR count). The minimum atomic E-state index is -1.15. The fourth-order valence-electron chi connectivity index (χ4n) is 2.30. The summed E-state index contributed by atoms with van der Waals surface area (Å²) < 4.78 is 24.8. The summed E-state index contributed by atoms with van der Waals surface area (Å²) >= 11 is 0. The molecule has 0 radical (unpaired) electrons. The van der Waals surface area contributed by atoms with Crippen molar-refractivity contribution in [1.29, 1.82) is 0 Å². The van der Waals surface area contributed by atoms with Crippen LogP contribution in [0.3, 0.4) is 0 Å². The second kappa shape index (κ2) is 7.18. The molecule has 0 N–H and O–H groups in total. The van der Waals surface area contributed by atoms with Gasteiger partial charge in [0.1, 0.15) is 23.8 Å². The van der Waals surface area contributed by atoms with E-state index in [1.54, 1.807) is 6.07 Å². The number of hydrogen-bond donors (Lipinski definition) is 0. The number of rotatable bonds is 7. The number of halogens is 1. The van der Waals surface area contributed by atoms with Crippen molar-refractivity contribution in [2.24, 2.45) is 0 Å². The number of benzene rings is 2. The van der Waals surface area contributed by atoms with Crippen LogP contribution >= 0.6 is 0 Å². The Morgan fingerprint density at radius 2 is 1.91 bits per heavy atom. The maximum atomic E-state index is 13.8. The third-order valence-corrected chi connectivity index (χ3v) is 3.69. The van der Waals surface area contributed by atoms with Gasteiger partial charge in [0.2, 0.25) is 0 Å². The Labute approximate surface area is 129 Å². The lowest BCUT2D eigenvalue weighted by Crippen LogP contribution is -2.29. The highest BCUT2D eigenvalue weighted by Crippen LogP contribution is 2.30. The van der Waals surface area contributed by atoms with Crippen LogP contribution in [0.1, 0.15) is 24.5 Å². The summed E-state index contributed by atoms with van der Waals surface area (Å²) in [5.41, 5.74) is 0.292. The van der Waals surface area contributed by atoms with Crippen LogP contribution in [-0.2, 0) is 21.7 Å². The second-order valence-corrected chi connectivity index (χ2v) is 5.01. The van der Waals surface area contributed by atoms with Crippen LogP contribution in [0.2, 0.25) is 0 Å². The van der Waals surface area contributed by atoms with Gasteiger partial charge in [-0.3, -0.25) is 4.79 Å². The molecule has 22 heavy (non-hydrogen) atoms. The fourth-order valence-corrected chi connectivity index (χ4v) is 2.30. The van der Waals surface area contributed by atoms with Crippen molar-refractivity contribution in [3.63, 3.8) is 0 Å². The molecule has 0 amide bonds. The highest BCUT2D eigenvalue weighted by Gasteiger charge is 2.30. The van der Waals surface area contributed by atoms with E-state index in [9.17, 15) is 9.18 Å². The molecule has 0 aromatic heterocycles. The molecule has 3 nitrogen and oxygen atoms in total. The zero-order valence-electron chi connectivity index (χ0n) is 12.7. The number of ether oxygens (including phenoxy) is 2. The van der Waals surface area contributed by atoms with Crippen molar-refractivity contribution in [2.45, 2.75) is 25.6 Å². The van der Waals surface area contributed by atoms with E-state index < -0.39 is 11.4 Å². The predicted molar refractivity (Wildman–Crippen MR) is 82.2 cm³/mol. The van der Waals surface area contributed by atoms with Crippen molar-refractivity contribution in [3.05, 3.63) is 65.5 Å². The Morgan fingerprint density at radius 1 is 1.18 bits per heavy atom. The Morgan fingerprint density at radius 3 is 2.50 bits per heavy atom. The molecule has 0 aliphatic rings. The molecule has 0 fully saturated rings. The van der Waals surface area contributed by atoms with Crippen LogP contribution in [0.4, 0.5) is 4.39 Å². The van der Waals surface area contributed by atoms with Crippen molar-refractivity contribution in [3.8, 4) is 5.75 Å². The summed E-state index contributed by atoms with van der Waals surface area (Å²) in [5.74, 6) is -0.0899. The van der Waals surface area contributed by atoms with Gasteiger partial charge in [-0.05, 0) is 29.7 Å². The normalized spacial score (nSPS) is 13.4. The van der Waals surface area contributed by atoms with E-state index in [1.807, 2.05) is 37.3 Å². The van der Waals surface area contributed by atoms with Gasteiger partial charge in [0.15, 0.2) is 6.29 Å². The topological polar surface area (TPSA) is 35.5 Å². The van der Waals surface area contributed by atoms with Crippen LogP contribution < -0.4 is 4.74 Å². The lowest BCUT2D eigenvalue weighted by atomic mass is 9.92. The molecule has 0 saturated carbocycles. The first-order valence-electron chi connectivity index (χ1n) is 7.13. The van der Waals surface area contributed by atoms with Gasteiger partial charge in [0.05, 0.1) is 0 Å². The Bertz CT molecular complexity index is 621. The van der Waals surface area contributed by atoms with Gasteiger partial charge in [0, 0.05) is 13.2 Å². The molecule has 2 aromatic carbocycles. The van der Waals surface area contributed by atoms with Crippen molar-refractivity contribution >= 4 is 6.29 Å². The molecule has 116 valence electrons. The van der Waals surface area contributed by atoms with Crippen LogP contribution in [0, 0.1) is 5.82 Å². The maximum Gasteiger partial charge on any atom is 0.156 e. The Hall–Kier alpha value is -2.20. The molecule has 0 aliphatic heterocycles. The summed E-state index contributed by atoms with van der Waals surface area (Å²) in [6.45, 7) is 2.14. The average molecular weight is 302 g/mol. The number of methoxy groups -OCH3 is 1. The first kappa shape index (κ1) is 16.2. The SMILES string of the molecule is CC[C@@](C=O)(OC)c1cc(F)cc(OCc2ccccc2)c1. The largest absolute Gasteiger partial charge is 0.489 e. The van der Waals surface area contributed by atoms with Crippen molar-refractivity contribution in [2.75, 3.05) is 7.11 Å². The van der Waals surface area contributed by atoms with E-state index in [0.717, 1.165) is 5.56 Å². The van der Waals surface area contributed by atoms with E-state index in [4.69, 9.17) is 9.47 Å². The van der Waals surface area contributed by atoms with Gasteiger partial charge in [-0.15, -0.1) is 0 Å². The molecule has 0 bridgehead atoms. The number of carbonyl (C=O) groups is 1. The molecule has 0 aliphatic carbocycles. The van der Waals surface area contributed by atoms with Gasteiger partial charge < -0.3 is 9.47 Å². The fraction of sp³-hybridized carbons (Fsp3) is 0.278. The third kappa shape index (κ3) is 3.52. The first-order valence-corrected chi connectivity index (χ1v) is 7.13.